The highest BCUT2D eigenvalue weighted by Gasteiger charge is 2.35. The minimum atomic E-state index is -0.343. The van der Waals surface area contributed by atoms with Gasteiger partial charge in [0.1, 0.15) is 0 Å². The van der Waals surface area contributed by atoms with Crippen LogP contribution in [0, 0.1) is 5.92 Å². The van der Waals surface area contributed by atoms with Gasteiger partial charge in [-0.25, -0.2) is 0 Å². The van der Waals surface area contributed by atoms with Gasteiger partial charge in [-0.1, -0.05) is 38.8 Å². The third-order valence-corrected chi connectivity index (χ3v) is 5.36. The largest absolute Gasteiger partial charge is 0.326 e. The Bertz CT molecular complexity index is 806. The molecule has 2 aromatic carbocycles. The molecule has 2 aromatic rings. The van der Waals surface area contributed by atoms with E-state index in [2.05, 4.69) is 37.2 Å². The molecule has 25 heavy (non-hydrogen) atoms. The van der Waals surface area contributed by atoms with Gasteiger partial charge in [-0.05, 0) is 54.4 Å². The number of rotatable bonds is 4. The molecule has 1 saturated heterocycles. The molecular weight excluding hydrogens is 448 g/mol. The van der Waals surface area contributed by atoms with Gasteiger partial charge in [0.15, 0.2) is 0 Å². The van der Waals surface area contributed by atoms with Gasteiger partial charge in [-0.3, -0.25) is 9.59 Å². The van der Waals surface area contributed by atoms with E-state index in [0.29, 0.717) is 6.54 Å². The summed E-state index contributed by atoms with van der Waals surface area (Å²) in [7, 11) is 0. The lowest BCUT2D eigenvalue weighted by Gasteiger charge is -2.17. The molecule has 1 N–H and O–H groups in total. The molecule has 1 aliphatic rings. The molecule has 6 heteroatoms. The van der Waals surface area contributed by atoms with E-state index >= 15 is 0 Å². The second-order valence-corrected chi connectivity index (χ2v) is 7.86. The SMILES string of the molecule is CCc1cc(Br)ccc1NC(=O)[C@H]1CC(=O)N(c2ccc(Br)cc2)C1. The molecule has 3 rings (SSSR count). The molecule has 4 nitrogen and oxygen atoms in total. The topological polar surface area (TPSA) is 49.4 Å². The first-order chi connectivity index (χ1) is 12.0. The second kappa shape index (κ2) is 7.70. The summed E-state index contributed by atoms with van der Waals surface area (Å²) in [5, 5.41) is 2.99. The number of carbonyl (C=O) groups excluding carboxylic acids is 2. The van der Waals surface area contributed by atoms with Crippen LogP contribution in [0.5, 0.6) is 0 Å². The van der Waals surface area contributed by atoms with Gasteiger partial charge in [-0.2, -0.15) is 0 Å². The molecule has 0 bridgehead atoms. The highest BCUT2D eigenvalue weighted by atomic mass is 79.9. The predicted octanol–water partition coefficient (Wildman–Crippen LogP) is 4.77. The monoisotopic (exact) mass is 464 g/mol. The first-order valence-electron chi connectivity index (χ1n) is 8.13. The van der Waals surface area contributed by atoms with Crippen molar-refractivity contribution in [3.05, 3.63) is 57.0 Å². The van der Waals surface area contributed by atoms with E-state index in [4.69, 9.17) is 0 Å². The Balaban J connectivity index is 1.72. The van der Waals surface area contributed by atoms with Crippen LogP contribution in [0.25, 0.3) is 0 Å². The molecular formula is C19H18Br2N2O2. The number of nitrogens with zero attached hydrogens (tertiary/aromatic N) is 1. The summed E-state index contributed by atoms with van der Waals surface area (Å²) in [4.78, 5) is 26.6. The molecule has 0 saturated carbocycles. The van der Waals surface area contributed by atoms with Crippen molar-refractivity contribution in [1.29, 1.82) is 0 Å². The number of anilines is 2. The van der Waals surface area contributed by atoms with E-state index in [1.54, 1.807) is 4.90 Å². The Hall–Kier alpha value is -1.66. The lowest BCUT2D eigenvalue weighted by molar-refractivity contribution is -0.122. The molecule has 0 aromatic heterocycles. The van der Waals surface area contributed by atoms with Gasteiger partial charge in [0.2, 0.25) is 11.8 Å². The first-order valence-corrected chi connectivity index (χ1v) is 9.71. The Morgan fingerprint density at radius 3 is 2.52 bits per heavy atom. The van der Waals surface area contributed by atoms with E-state index in [0.717, 1.165) is 32.3 Å². The maximum absolute atomic E-state index is 12.6. The minimum Gasteiger partial charge on any atom is -0.326 e. The smallest absolute Gasteiger partial charge is 0.229 e. The number of halogens is 2. The highest BCUT2D eigenvalue weighted by Crippen LogP contribution is 2.28. The van der Waals surface area contributed by atoms with Crippen molar-refractivity contribution in [2.24, 2.45) is 5.92 Å². The van der Waals surface area contributed by atoms with Crippen molar-refractivity contribution in [3.63, 3.8) is 0 Å². The number of aryl methyl sites for hydroxylation is 1. The number of benzene rings is 2. The van der Waals surface area contributed by atoms with Crippen LogP contribution in [0.4, 0.5) is 11.4 Å². The third kappa shape index (κ3) is 4.12. The lowest BCUT2D eigenvalue weighted by atomic mass is 10.1. The van der Waals surface area contributed by atoms with Crippen molar-refractivity contribution in [2.45, 2.75) is 19.8 Å². The van der Waals surface area contributed by atoms with Gasteiger partial charge in [0.25, 0.3) is 0 Å². The Morgan fingerprint density at radius 1 is 1.16 bits per heavy atom. The summed E-state index contributed by atoms with van der Waals surface area (Å²) in [5.41, 5.74) is 2.70. The number of amides is 2. The van der Waals surface area contributed by atoms with Crippen molar-refractivity contribution < 1.29 is 9.59 Å². The van der Waals surface area contributed by atoms with Gasteiger partial charge in [-0.15, -0.1) is 0 Å². The molecule has 0 radical (unpaired) electrons. The molecule has 0 unspecified atom stereocenters. The van der Waals surface area contributed by atoms with Crippen molar-refractivity contribution in [2.75, 3.05) is 16.8 Å². The number of carbonyl (C=O) groups is 2. The Labute approximate surface area is 163 Å². The van der Waals surface area contributed by atoms with Crippen LogP contribution in [0.2, 0.25) is 0 Å². The molecule has 2 amide bonds. The van der Waals surface area contributed by atoms with Gasteiger partial charge in [0, 0.05) is 33.3 Å². The van der Waals surface area contributed by atoms with Crippen LogP contribution in [-0.2, 0) is 16.0 Å². The van der Waals surface area contributed by atoms with Crippen LogP contribution < -0.4 is 10.2 Å². The normalized spacial score (nSPS) is 17.0. The second-order valence-electron chi connectivity index (χ2n) is 6.03. The van der Waals surface area contributed by atoms with E-state index in [-0.39, 0.29) is 24.2 Å². The fraction of sp³-hybridized carbons (Fsp3) is 0.263. The van der Waals surface area contributed by atoms with Crippen LogP contribution in [0.15, 0.2) is 51.4 Å². The average molecular weight is 466 g/mol. The van der Waals surface area contributed by atoms with Crippen molar-refractivity contribution in [1.82, 2.24) is 0 Å². The maximum Gasteiger partial charge on any atom is 0.229 e. The maximum atomic E-state index is 12.6. The average Bonchev–Trinajstić information content (AvgIpc) is 2.99. The molecule has 1 atom stereocenters. The summed E-state index contributed by atoms with van der Waals surface area (Å²) in [5.74, 6) is -0.469. The first kappa shape index (κ1) is 18.1. The zero-order chi connectivity index (χ0) is 18.0. The summed E-state index contributed by atoms with van der Waals surface area (Å²) < 4.78 is 1.94. The summed E-state index contributed by atoms with van der Waals surface area (Å²) >= 11 is 6.84. The van der Waals surface area contributed by atoms with Crippen LogP contribution >= 0.6 is 31.9 Å². The predicted molar refractivity (Wildman–Crippen MR) is 107 cm³/mol. The fourth-order valence-corrected chi connectivity index (χ4v) is 3.64. The van der Waals surface area contributed by atoms with Crippen LogP contribution in [0.1, 0.15) is 18.9 Å². The third-order valence-electron chi connectivity index (χ3n) is 4.34. The quantitative estimate of drug-likeness (QED) is 0.707. The van der Waals surface area contributed by atoms with E-state index in [9.17, 15) is 9.59 Å². The lowest BCUT2D eigenvalue weighted by Crippen LogP contribution is -2.28. The molecule has 1 aliphatic heterocycles. The molecule has 130 valence electrons. The number of hydrogen-bond donors (Lipinski definition) is 1. The van der Waals surface area contributed by atoms with E-state index in [1.807, 2.05) is 49.4 Å². The van der Waals surface area contributed by atoms with Gasteiger partial charge in [0.05, 0.1) is 5.92 Å². The fourth-order valence-electron chi connectivity index (χ4n) is 2.97. The standard InChI is InChI=1S/C19H18Br2N2O2/c1-2-12-9-15(21)5-8-17(12)22-19(25)13-10-18(24)23(11-13)16-6-3-14(20)4-7-16/h3-9,13H,2,10-11H2,1H3,(H,22,25)/t13-/m0/s1. The zero-order valence-electron chi connectivity index (χ0n) is 13.8. The summed E-state index contributed by atoms with van der Waals surface area (Å²) in [6, 6.07) is 13.4. The summed E-state index contributed by atoms with van der Waals surface area (Å²) in [6.07, 6.45) is 1.06. The molecule has 1 fully saturated rings. The molecule has 1 heterocycles. The number of hydrogen-bond acceptors (Lipinski definition) is 2. The van der Waals surface area contributed by atoms with Crippen LogP contribution in [-0.4, -0.2) is 18.4 Å². The number of nitrogens with one attached hydrogen (secondary N) is 1. The van der Waals surface area contributed by atoms with Crippen molar-refractivity contribution in [3.8, 4) is 0 Å². The van der Waals surface area contributed by atoms with E-state index in [1.165, 1.54) is 0 Å². The van der Waals surface area contributed by atoms with Crippen LogP contribution in [0.3, 0.4) is 0 Å². The minimum absolute atomic E-state index is 0.0195. The van der Waals surface area contributed by atoms with Gasteiger partial charge < -0.3 is 10.2 Å². The Kier molecular flexibility index (Phi) is 5.59. The summed E-state index contributed by atoms with van der Waals surface area (Å²) in [6.45, 7) is 2.45. The van der Waals surface area contributed by atoms with Gasteiger partial charge >= 0.3 is 0 Å². The van der Waals surface area contributed by atoms with E-state index < -0.39 is 0 Å². The highest BCUT2D eigenvalue weighted by molar-refractivity contribution is 9.10. The molecule has 0 aliphatic carbocycles. The molecule has 0 spiro atoms. The zero-order valence-corrected chi connectivity index (χ0v) is 16.9. The Morgan fingerprint density at radius 2 is 1.84 bits per heavy atom. The van der Waals surface area contributed by atoms with Crippen molar-refractivity contribution >= 4 is 55.0 Å².